The highest BCUT2D eigenvalue weighted by atomic mass is 16.6. The summed E-state index contributed by atoms with van der Waals surface area (Å²) >= 11 is 0. The Balaban J connectivity index is 4.16. The van der Waals surface area contributed by atoms with Crippen LogP contribution in [0.1, 0.15) is 265 Å². The van der Waals surface area contributed by atoms with Gasteiger partial charge in [0.1, 0.15) is 13.2 Å². The number of esters is 3. The molecular weight excluding hydrogens is 877 g/mol. The number of unbranched alkanes of at least 4 members (excludes halogenated alkanes) is 23. The average molecular weight is 986 g/mol. The molecule has 404 valence electrons. The molecule has 0 spiro atoms. The van der Waals surface area contributed by atoms with E-state index in [4.69, 9.17) is 14.2 Å². The maximum Gasteiger partial charge on any atom is 0.306 e. The van der Waals surface area contributed by atoms with E-state index in [0.29, 0.717) is 19.3 Å². The molecule has 6 nitrogen and oxygen atoms in total. The standard InChI is InChI=1S/C65H108O6/c1-4-7-10-13-16-18-20-22-23-24-25-26-27-28-29-30-31-32-33-34-35-36-37-38-39-40-41-43-44-46-49-52-55-58-64(67)70-61-62(60-69-63(66)57-54-51-48-15-12-9-6-3)71-65(68)59-56-53-50-47-45-42-21-19-17-14-11-8-5-2/h7,10,16,18,22-23,25-26,28-29,31-32,34-35,37-38,40-41,62H,4-6,8-9,11-15,17,19-21,24,27,30,33,36,39,42-61H2,1-3H3/b10-7-,18-16-,23-22-,26-25-,29-28-,32-31-,35-34-,38-37-,41-40-. The fourth-order valence-corrected chi connectivity index (χ4v) is 7.91. The van der Waals surface area contributed by atoms with Gasteiger partial charge in [-0.3, -0.25) is 14.4 Å². The van der Waals surface area contributed by atoms with Gasteiger partial charge in [0.25, 0.3) is 0 Å². The lowest BCUT2D eigenvalue weighted by Gasteiger charge is -2.18. The summed E-state index contributed by atoms with van der Waals surface area (Å²) in [6.07, 6.45) is 79.7. The van der Waals surface area contributed by atoms with Crippen LogP contribution in [0.3, 0.4) is 0 Å². The van der Waals surface area contributed by atoms with Gasteiger partial charge in [0.2, 0.25) is 0 Å². The normalized spacial score (nSPS) is 12.9. The summed E-state index contributed by atoms with van der Waals surface area (Å²) in [5.74, 6) is -0.907. The number of hydrogen-bond acceptors (Lipinski definition) is 6. The fourth-order valence-electron chi connectivity index (χ4n) is 7.91. The minimum absolute atomic E-state index is 0.0820. The summed E-state index contributed by atoms with van der Waals surface area (Å²) in [6, 6.07) is 0. The lowest BCUT2D eigenvalue weighted by molar-refractivity contribution is -0.167. The Morgan fingerprint density at radius 3 is 0.859 bits per heavy atom. The minimum Gasteiger partial charge on any atom is -0.462 e. The summed E-state index contributed by atoms with van der Waals surface area (Å²) in [7, 11) is 0. The quantitative estimate of drug-likeness (QED) is 0.0261. The van der Waals surface area contributed by atoms with Gasteiger partial charge in [-0.15, -0.1) is 0 Å². The van der Waals surface area contributed by atoms with Crippen molar-refractivity contribution in [2.24, 2.45) is 0 Å². The van der Waals surface area contributed by atoms with E-state index < -0.39 is 6.10 Å². The second-order valence-electron chi connectivity index (χ2n) is 19.2. The van der Waals surface area contributed by atoms with Crippen LogP contribution in [0, 0.1) is 0 Å². The second kappa shape index (κ2) is 58.6. The Hall–Kier alpha value is -3.93. The van der Waals surface area contributed by atoms with Gasteiger partial charge in [-0.1, -0.05) is 265 Å². The highest BCUT2D eigenvalue weighted by molar-refractivity contribution is 5.71. The van der Waals surface area contributed by atoms with Crippen LogP contribution in [0.25, 0.3) is 0 Å². The average Bonchev–Trinajstić information content (AvgIpc) is 3.37. The minimum atomic E-state index is -0.781. The lowest BCUT2D eigenvalue weighted by Crippen LogP contribution is -2.30. The third-order valence-corrected chi connectivity index (χ3v) is 12.3. The topological polar surface area (TPSA) is 78.9 Å². The zero-order chi connectivity index (χ0) is 51.4. The molecule has 1 atom stereocenters. The molecule has 0 amide bonds. The smallest absolute Gasteiger partial charge is 0.306 e. The van der Waals surface area contributed by atoms with E-state index in [2.05, 4.69) is 130 Å². The summed E-state index contributed by atoms with van der Waals surface area (Å²) in [5, 5.41) is 0. The van der Waals surface area contributed by atoms with Gasteiger partial charge >= 0.3 is 17.9 Å². The molecule has 0 aliphatic rings. The molecule has 0 saturated carbocycles. The Bertz CT molecular complexity index is 1460. The van der Waals surface area contributed by atoms with E-state index in [1.54, 1.807) is 0 Å². The molecule has 0 radical (unpaired) electrons. The van der Waals surface area contributed by atoms with Crippen molar-refractivity contribution in [2.75, 3.05) is 13.2 Å². The maximum atomic E-state index is 12.8. The molecule has 0 saturated heterocycles. The molecular formula is C65H108O6. The Labute approximate surface area is 438 Å². The van der Waals surface area contributed by atoms with Crippen molar-refractivity contribution in [3.8, 4) is 0 Å². The first-order valence-electron chi connectivity index (χ1n) is 29.4. The number of allylic oxidation sites excluding steroid dienone is 18. The van der Waals surface area contributed by atoms with Gasteiger partial charge in [-0.2, -0.15) is 0 Å². The van der Waals surface area contributed by atoms with Gasteiger partial charge in [0.05, 0.1) is 0 Å². The van der Waals surface area contributed by atoms with Crippen molar-refractivity contribution < 1.29 is 28.6 Å². The molecule has 0 aliphatic carbocycles. The molecule has 0 aliphatic heterocycles. The van der Waals surface area contributed by atoms with Crippen LogP contribution in [-0.4, -0.2) is 37.2 Å². The first-order chi connectivity index (χ1) is 35.0. The zero-order valence-electron chi connectivity index (χ0n) is 46.2. The highest BCUT2D eigenvalue weighted by Crippen LogP contribution is 2.15. The van der Waals surface area contributed by atoms with Crippen LogP contribution in [0.4, 0.5) is 0 Å². The van der Waals surface area contributed by atoms with Crippen molar-refractivity contribution in [3.05, 3.63) is 109 Å². The second-order valence-corrected chi connectivity index (χ2v) is 19.2. The number of carbonyl (C=O) groups excluding carboxylic acids is 3. The maximum absolute atomic E-state index is 12.8. The van der Waals surface area contributed by atoms with Crippen molar-refractivity contribution in [1.29, 1.82) is 0 Å². The first-order valence-corrected chi connectivity index (χ1v) is 29.4. The number of rotatable bonds is 52. The molecule has 0 aromatic heterocycles. The van der Waals surface area contributed by atoms with Crippen LogP contribution in [-0.2, 0) is 28.6 Å². The van der Waals surface area contributed by atoms with Crippen molar-refractivity contribution in [3.63, 3.8) is 0 Å². The summed E-state index contributed by atoms with van der Waals surface area (Å²) < 4.78 is 16.7. The predicted molar refractivity (Wildman–Crippen MR) is 307 cm³/mol. The van der Waals surface area contributed by atoms with Crippen LogP contribution in [0.2, 0.25) is 0 Å². The summed E-state index contributed by atoms with van der Waals surface area (Å²) in [6.45, 7) is 6.46. The van der Waals surface area contributed by atoms with Crippen molar-refractivity contribution >= 4 is 17.9 Å². The van der Waals surface area contributed by atoms with Crippen LogP contribution < -0.4 is 0 Å². The Morgan fingerprint density at radius 2 is 0.549 bits per heavy atom. The largest absolute Gasteiger partial charge is 0.462 e. The SMILES string of the molecule is CC/C=C\C/C=C\C/C=C\C/C=C\C/C=C\C/C=C\C/C=C\C/C=C\C/C=C\CCCCCCCC(=O)OCC(COC(=O)CCCCCCCCC)OC(=O)CCCCCCCCCCCCCCC. The molecule has 0 aromatic rings. The fraction of sp³-hybridized carbons (Fsp3) is 0.677. The van der Waals surface area contributed by atoms with E-state index in [1.165, 1.54) is 89.9 Å². The van der Waals surface area contributed by atoms with Crippen molar-refractivity contribution in [1.82, 2.24) is 0 Å². The summed E-state index contributed by atoms with van der Waals surface area (Å²) in [5.41, 5.74) is 0. The lowest BCUT2D eigenvalue weighted by atomic mass is 10.0. The van der Waals surface area contributed by atoms with E-state index >= 15 is 0 Å². The van der Waals surface area contributed by atoms with Crippen molar-refractivity contribution in [2.45, 2.75) is 271 Å². The van der Waals surface area contributed by atoms with Gasteiger partial charge < -0.3 is 14.2 Å². The molecule has 0 aromatic carbocycles. The molecule has 0 fully saturated rings. The van der Waals surface area contributed by atoms with Gasteiger partial charge in [-0.05, 0) is 89.9 Å². The van der Waals surface area contributed by atoms with Crippen LogP contribution in [0.15, 0.2) is 109 Å². The molecule has 0 heterocycles. The highest BCUT2D eigenvalue weighted by Gasteiger charge is 2.19. The third-order valence-electron chi connectivity index (χ3n) is 12.3. The molecule has 0 bridgehead atoms. The van der Waals surface area contributed by atoms with E-state index in [9.17, 15) is 14.4 Å². The number of hydrogen-bond donors (Lipinski definition) is 0. The van der Waals surface area contributed by atoms with E-state index in [1.807, 2.05) is 0 Å². The van der Waals surface area contributed by atoms with Crippen LogP contribution >= 0.6 is 0 Å². The summed E-state index contributed by atoms with van der Waals surface area (Å²) in [4.78, 5) is 37.9. The first kappa shape index (κ1) is 67.1. The van der Waals surface area contributed by atoms with Gasteiger partial charge in [0, 0.05) is 19.3 Å². The molecule has 71 heavy (non-hydrogen) atoms. The third kappa shape index (κ3) is 56.9. The van der Waals surface area contributed by atoms with Gasteiger partial charge in [0.15, 0.2) is 6.10 Å². The molecule has 1 unspecified atom stereocenters. The van der Waals surface area contributed by atoms with E-state index in [0.717, 1.165) is 135 Å². The Kier molecular flexibility index (Phi) is 55.4. The predicted octanol–water partition coefficient (Wildman–Crippen LogP) is 19.9. The number of carbonyl (C=O) groups is 3. The van der Waals surface area contributed by atoms with Crippen LogP contribution in [0.5, 0.6) is 0 Å². The Morgan fingerprint density at radius 1 is 0.296 bits per heavy atom. The van der Waals surface area contributed by atoms with Gasteiger partial charge in [-0.25, -0.2) is 0 Å². The molecule has 6 heteroatoms. The molecule has 0 rings (SSSR count). The molecule has 0 N–H and O–H groups in total. The van der Waals surface area contributed by atoms with E-state index in [-0.39, 0.29) is 31.1 Å². The monoisotopic (exact) mass is 985 g/mol. The zero-order valence-corrected chi connectivity index (χ0v) is 46.2. The number of ether oxygens (including phenoxy) is 3.